The van der Waals surface area contributed by atoms with Crippen molar-refractivity contribution in [2.24, 2.45) is 0 Å². The van der Waals surface area contributed by atoms with Crippen LogP contribution < -0.4 is 9.80 Å². The first kappa shape index (κ1) is 19.8. The molecular formula is C24H31N3O3. The Hall–Kier alpha value is -2.12. The molecule has 160 valence electrons. The summed E-state index contributed by atoms with van der Waals surface area (Å²) in [6, 6.07) is 17.1. The molecule has 0 amide bonds. The Balaban J connectivity index is 1.49. The summed E-state index contributed by atoms with van der Waals surface area (Å²) in [5.74, 6) is 0. The van der Waals surface area contributed by atoms with E-state index < -0.39 is 11.2 Å². The largest absolute Gasteiger partial charge is 0.378 e. The van der Waals surface area contributed by atoms with Gasteiger partial charge in [-0.15, -0.1) is 0 Å². The van der Waals surface area contributed by atoms with Crippen LogP contribution in [0.15, 0.2) is 48.5 Å². The number of anilines is 2. The molecule has 0 N–H and O–H groups in total. The van der Waals surface area contributed by atoms with E-state index >= 15 is 0 Å². The third kappa shape index (κ3) is 2.71. The van der Waals surface area contributed by atoms with Crippen LogP contribution in [0.25, 0.3) is 0 Å². The Labute approximate surface area is 178 Å². The van der Waals surface area contributed by atoms with Gasteiger partial charge in [-0.25, -0.2) is 4.90 Å². The van der Waals surface area contributed by atoms with Gasteiger partial charge in [-0.2, -0.15) is 0 Å². The van der Waals surface area contributed by atoms with Crippen LogP contribution >= 0.6 is 0 Å². The SMILES string of the molecule is CN(C)c1ccc([C@]2(C)O[C@H]3CO[C@@H]4N3[C@H]2O[C@@]4(C)c2ccc(N(C)C)cc2)cc1. The maximum atomic E-state index is 6.79. The molecule has 0 unspecified atom stereocenters. The fraction of sp³-hybridized carbons (Fsp3) is 0.500. The average Bonchev–Trinajstić information content (AvgIpc) is 3.36. The highest BCUT2D eigenvalue weighted by Gasteiger charge is 2.68. The third-order valence-corrected chi connectivity index (χ3v) is 6.86. The summed E-state index contributed by atoms with van der Waals surface area (Å²) in [6.07, 6.45) is -0.472. The topological polar surface area (TPSA) is 37.4 Å². The van der Waals surface area contributed by atoms with Gasteiger partial charge >= 0.3 is 0 Å². The van der Waals surface area contributed by atoms with E-state index in [9.17, 15) is 0 Å². The Morgan fingerprint density at radius 2 is 1.20 bits per heavy atom. The number of hydrogen-bond donors (Lipinski definition) is 0. The van der Waals surface area contributed by atoms with E-state index in [1.54, 1.807) is 0 Å². The molecule has 6 heteroatoms. The molecule has 3 fully saturated rings. The lowest BCUT2D eigenvalue weighted by Gasteiger charge is -2.33. The average molecular weight is 410 g/mol. The second-order valence-corrected chi connectivity index (χ2v) is 9.27. The summed E-state index contributed by atoms with van der Waals surface area (Å²) in [7, 11) is 8.20. The van der Waals surface area contributed by atoms with Gasteiger partial charge in [0.05, 0.1) is 6.61 Å². The zero-order chi connectivity index (χ0) is 21.3. The van der Waals surface area contributed by atoms with Gasteiger partial charge in [0.2, 0.25) is 0 Å². The quantitative estimate of drug-likeness (QED) is 0.771. The van der Waals surface area contributed by atoms with Crippen LogP contribution in [0.2, 0.25) is 0 Å². The fourth-order valence-corrected chi connectivity index (χ4v) is 5.00. The van der Waals surface area contributed by atoms with Crippen LogP contribution in [0, 0.1) is 0 Å². The fourth-order valence-electron chi connectivity index (χ4n) is 5.00. The van der Waals surface area contributed by atoms with Gasteiger partial charge in [0.25, 0.3) is 0 Å². The van der Waals surface area contributed by atoms with Crippen LogP contribution in [0.5, 0.6) is 0 Å². The van der Waals surface area contributed by atoms with Gasteiger partial charge in [0.15, 0.2) is 0 Å². The maximum absolute atomic E-state index is 6.79. The minimum absolute atomic E-state index is 0.0959. The van der Waals surface area contributed by atoms with Crippen LogP contribution in [-0.2, 0) is 25.4 Å². The van der Waals surface area contributed by atoms with Crippen LogP contribution in [-0.4, -0.2) is 58.4 Å². The summed E-state index contributed by atoms with van der Waals surface area (Å²) < 4.78 is 19.5. The molecule has 0 spiro atoms. The zero-order valence-corrected chi connectivity index (χ0v) is 18.6. The predicted molar refractivity (Wildman–Crippen MR) is 118 cm³/mol. The predicted octanol–water partition coefficient (Wildman–Crippen LogP) is 3.32. The van der Waals surface area contributed by atoms with Gasteiger partial charge in [-0.3, -0.25) is 0 Å². The van der Waals surface area contributed by atoms with E-state index in [-0.39, 0.29) is 18.7 Å². The number of rotatable bonds is 4. The number of nitrogens with zero attached hydrogens (tertiary/aromatic N) is 3. The van der Waals surface area contributed by atoms with Crippen molar-refractivity contribution >= 4 is 11.4 Å². The highest BCUT2D eigenvalue weighted by atomic mass is 16.7. The van der Waals surface area contributed by atoms with Crippen molar-refractivity contribution in [3.8, 4) is 0 Å². The van der Waals surface area contributed by atoms with E-state index in [4.69, 9.17) is 14.2 Å². The van der Waals surface area contributed by atoms with Crippen LogP contribution in [0.3, 0.4) is 0 Å². The molecule has 5 rings (SSSR count). The first-order chi connectivity index (χ1) is 14.2. The number of benzene rings is 2. The molecule has 3 saturated heterocycles. The summed E-state index contributed by atoms with van der Waals surface area (Å²) in [4.78, 5) is 6.48. The van der Waals surface area contributed by atoms with Crippen molar-refractivity contribution in [2.75, 3.05) is 44.6 Å². The van der Waals surface area contributed by atoms with E-state index in [0.717, 1.165) is 11.1 Å². The molecule has 5 atom stereocenters. The smallest absolute Gasteiger partial charge is 0.149 e. The molecule has 0 aliphatic carbocycles. The van der Waals surface area contributed by atoms with E-state index in [1.165, 1.54) is 11.4 Å². The van der Waals surface area contributed by atoms with Crippen molar-refractivity contribution in [1.82, 2.24) is 4.90 Å². The highest BCUT2D eigenvalue weighted by molar-refractivity contribution is 5.48. The lowest BCUT2D eigenvalue weighted by atomic mass is 9.93. The van der Waals surface area contributed by atoms with Crippen molar-refractivity contribution in [2.45, 2.75) is 43.7 Å². The van der Waals surface area contributed by atoms with E-state index in [0.29, 0.717) is 6.61 Å². The molecular weight excluding hydrogens is 378 g/mol. The van der Waals surface area contributed by atoms with Gasteiger partial charge in [0.1, 0.15) is 29.9 Å². The van der Waals surface area contributed by atoms with Crippen LogP contribution in [0.1, 0.15) is 25.0 Å². The molecule has 2 aromatic carbocycles. The van der Waals surface area contributed by atoms with Crippen molar-refractivity contribution in [3.05, 3.63) is 59.7 Å². The molecule has 30 heavy (non-hydrogen) atoms. The Bertz CT molecular complexity index is 878. The number of hydrogen-bond acceptors (Lipinski definition) is 6. The maximum Gasteiger partial charge on any atom is 0.149 e. The highest BCUT2D eigenvalue weighted by Crippen LogP contribution is 2.55. The molecule has 6 nitrogen and oxygen atoms in total. The molecule has 3 aliphatic rings. The van der Waals surface area contributed by atoms with Gasteiger partial charge in [-0.05, 0) is 49.2 Å². The monoisotopic (exact) mass is 409 g/mol. The van der Waals surface area contributed by atoms with Gasteiger partial charge < -0.3 is 24.0 Å². The van der Waals surface area contributed by atoms with Crippen molar-refractivity contribution in [1.29, 1.82) is 0 Å². The molecule has 3 heterocycles. The summed E-state index contributed by atoms with van der Waals surface area (Å²) in [5.41, 5.74) is 3.47. The second kappa shape index (κ2) is 6.69. The Morgan fingerprint density at radius 1 is 0.733 bits per heavy atom. The molecule has 2 aromatic rings. The zero-order valence-electron chi connectivity index (χ0n) is 18.6. The van der Waals surface area contributed by atoms with Crippen molar-refractivity contribution < 1.29 is 14.2 Å². The van der Waals surface area contributed by atoms with Gasteiger partial charge in [-0.1, -0.05) is 24.3 Å². The molecule has 0 aromatic heterocycles. The minimum Gasteiger partial charge on any atom is -0.378 e. The molecule has 3 aliphatic heterocycles. The molecule has 0 bridgehead atoms. The summed E-state index contributed by atoms with van der Waals surface area (Å²) >= 11 is 0. The third-order valence-electron chi connectivity index (χ3n) is 6.86. The number of ether oxygens (including phenoxy) is 3. The standard InChI is InChI=1S/C24H31N3O3/c1-23(16-7-11-18(12-8-16)25(3)4)21-27-20(15-28-21)29-24(2,22(27)30-23)17-9-13-19(14-10-17)26(5)6/h7-14,20-22H,15H2,1-6H3/t20-,21-,22-,23-,24-/m0/s1. The van der Waals surface area contributed by atoms with E-state index in [2.05, 4.69) is 77.1 Å². The first-order valence-corrected chi connectivity index (χ1v) is 10.5. The lowest BCUT2D eigenvalue weighted by Crippen LogP contribution is -2.40. The van der Waals surface area contributed by atoms with Gasteiger partial charge in [0, 0.05) is 39.6 Å². The summed E-state index contributed by atoms with van der Waals surface area (Å²) in [6.45, 7) is 4.83. The van der Waals surface area contributed by atoms with E-state index in [1.807, 2.05) is 28.2 Å². The van der Waals surface area contributed by atoms with Crippen LogP contribution in [0.4, 0.5) is 11.4 Å². The normalized spacial score (nSPS) is 34.9. The lowest BCUT2D eigenvalue weighted by molar-refractivity contribution is -0.138. The second-order valence-electron chi connectivity index (χ2n) is 9.27. The Kier molecular flexibility index (Phi) is 4.42. The Morgan fingerprint density at radius 3 is 1.67 bits per heavy atom. The molecule has 0 radical (unpaired) electrons. The summed E-state index contributed by atoms with van der Waals surface area (Å²) in [5, 5.41) is 0. The first-order valence-electron chi connectivity index (χ1n) is 10.5. The van der Waals surface area contributed by atoms with Crippen molar-refractivity contribution in [3.63, 3.8) is 0 Å². The minimum atomic E-state index is -0.557. The molecule has 0 saturated carbocycles.